The highest BCUT2D eigenvalue weighted by Crippen LogP contribution is 2.27. The molecule has 50 valence electrons. The van der Waals surface area contributed by atoms with E-state index in [0.717, 1.165) is 11.3 Å². The lowest BCUT2D eigenvalue weighted by Gasteiger charge is -2.19. The summed E-state index contributed by atoms with van der Waals surface area (Å²) in [7, 11) is 0. The van der Waals surface area contributed by atoms with Gasteiger partial charge >= 0.3 is 0 Å². The Kier molecular flexibility index (Phi) is 1.97. The molecule has 9 heavy (non-hydrogen) atoms. The zero-order chi connectivity index (χ0) is 6.91. The standard InChI is InChI=1S/C7H10S2/c1-7(9)4-2-6(8)3-5-7/h2-4,8-9H,5H2,1H3. The summed E-state index contributed by atoms with van der Waals surface area (Å²) in [6, 6.07) is 0. The number of rotatable bonds is 0. The molecule has 0 aromatic heterocycles. The molecule has 0 aromatic carbocycles. The van der Waals surface area contributed by atoms with Crippen molar-refractivity contribution in [2.45, 2.75) is 18.1 Å². The predicted molar refractivity (Wildman–Crippen MR) is 48.2 cm³/mol. The molecular formula is C7H10S2. The van der Waals surface area contributed by atoms with Crippen molar-refractivity contribution in [1.29, 1.82) is 0 Å². The first-order valence-corrected chi connectivity index (χ1v) is 3.80. The average molecular weight is 158 g/mol. The van der Waals surface area contributed by atoms with Crippen LogP contribution in [-0.2, 0) is 0 Å². The lowest BCUT2D eigenvalue weighted by atomic mass is 10.0. The van der Waals surface area contributed by atoms with Gasteiger partial charge in [0.1, 0.15) is 0 Å². The molecule has 0 aliphatic heterocycles. The van der Waals surface area contributed by atoms with E-state index in [4.69, 9.17) is 0 Å². The fourth-order valence-corrected chi connectivity index (χ4v) is 1.04. The number of hydrogen-bond acceptors (Lipinski definition) is 2. The van der Waals surface area contributed by atoms with Crippen molar-refractivity contribution < 1.29 is 0 Å². The van der Waals surface area contributed by atoms with Crippen molar-refractivity contribution in [3.05, 3.63) is 23.1 Å². The smallest absolute Gasteiger partial charge is 0.0318 e. The lowest BCUT2D eigenvalue weighted by Crippen LogP contribution is -2.12. The summed E-state index contributed by atoms with van der Waals surface area (Å²) in [4.78, 5) is 1.04. The summed E-state index contributed by atoms with van der Waals surface area (Å²) in [5.74, 6) is 0. The first-order valence-electron chi connectivity index (χ1n) is 2.91. The summed E-state index contributed by atoms with van der Waals surface area (Å²) in [5.41, 5.74) is 0. The summed E-state index contributed by atoms with van der Waals surface area (Å²) in [6.07, 6.45) is 7.11. The molecule has 1 aliphatic rings. The summed E-state index contributed by atoms with van der Waals surface area (Å²) < 4.78 is 0.0478. The van der Waals surface area contributed by atoms with Gasteiger partial charge in [0.2, 0.25) is 0 Å². The molecule has 0 radical (unpaired) electrons. The quantitative estimate of drug-likeness (QED) is 0.497. The van der Waals surface area contributed by atoms with Gasteiger partial charge in [0.15, 0.2) is 0 Å². The monoisotopic (exact) mass is 158 g/mol. The Bertz CT molecular complexity index is 166. The van der Waals surface area contributed by atoms with Gasteiger partial charge in [-0.15, -0.1) is 12.6 Å². The van der Waals surface area contributed by atoms with Gasteiger partial charge in [0.25, 0.3) is 0 Å². The minimum atomic E-state index is 0.0478. The highest BCUT2D eigenvalue weighted by atomic mass is 32.1. The molecule has 0 bridgehead atoms. The zero-order valence-corrected chi connectivity index (χ0v) is 7.12. The second kappa shape index (κ2) is 2.43. The Balaban J connectivity index is 2.70. The van der Waals surface area contributed by atoms with Gasteiger partial charge in [-0.3, -0.25) is 0 Å². The van der Waals surface area contributed by atoms with E-state index in [-0.39, 0.29) is 4.75 Å². The first-order chi connectivity index (χ1) is 4.10. The van der Waals surface area contributed by atoms with E-state index < -0.39 is 0 Å². The van der Waals surface area contributed by atoms with Gasteiger partial charge in [0.05, 0.1) is 0 Å². The van der Waals surface area contributed by atoms with Crippen LogP contribution in [0.4, 0.5) is 0 Å². The fourth-order valence-electron chi connectivity index (χ4n) is 0.712. The third-order valence-electron chi connectivity index (χ3n) is 1.34. The molecule has 0 aromatic rings. The maximum atomic E-state index is 4.39. The number of thiol groups is 2. The van der Waals surface area contributed by atoms with Crippen molar-refractivity contribution in [1.82, 2.24) is 0 Å². The summed E-state index contributed by atoms with van der Waals surface area (Å²) in [6.45, 7) is 2.09. The minimum Gasteiger partial charge on any atom is -0.168 e. The van der Waals surface area contributed by atoms with Crippen LogP contribution in [0.1, 0.15) is 13.3 Å². The molecule has 1 rings (SSSR count). The van der Waals surface area contributed by atoms with Crippen molar-refractivity contribution in [2.24, 2.45) is 0 Å². The van der Waals surface area contributed by atoms with Crippen LogP contribution >= 0.6 is 25.3 Å². The van der Waals surface area contributed by atoms with Crippen molar-refractivity contribution in [2.75, 3.05) is 0 Å². The van der Waals surface area contributed by atoms with Crippen LogP contribution in [0, 0.1) is 0 Å². The van der Waals surface area contributed by atoms with Crippen LogP contribution in [0.25, 0.3) is 0 Å². The van der Waals surface area contributed by atoms with Gasteiger partial charge in [0, 0.05) is 4.75 Å². The lowest BCUT2D eigenvalue weighted by molar-refractivity contribution is 0.804. The third kappa shape index (κ3) is 2.11. The third-order valence-corrected chi connectivity index (χ3v) is 2.00. The van der Waals surface area contributed by atoms with E-state index in [1.54, 1.807) is 0 Å². The Morgan fingerprint density at radius 1 is 1.67 bits per heavy atom. The number of hydrogen-bond donors (Lipinski definition) is 2. The molecule has 0 nitrogen and oxygen atoms in total. The van der Waals surface area contributed by atoms with E-state index in [1.807, 2.05) is 6.08 Å². The Labute approximate surface area is 66.9 Å². The van der Waals surface area contributed by atoms with Gasteiger partial charge < -0.3 is 0 Å². The van der Waals surface area contributed by atoms with E-state index >= 15 is 0 Å². The largest absolute Gasteiger partial charge is 0.168 e. The molecule has 1 atom stereocenters. The van der Waals surface area contributed by atoms with Crippen LogP contribution in [0.15, 0.2) is 23.1 Å². The molecule has 1 unspecified atom stereocenters. The first kappa shape index (κ1) is 7.29. The SMILES string of the molecule is CC1(S)C=CC(S)=CC1. The molecule has 0 N–H and O–H groups in total. The highest BCUT2D eigenvalue weighted by Gasteiger charge is 2.15. The van der Waals surface area contributed by atoms with Crippen molar-refractivity contribution >= 4 is 25.3 Å². The number of allylic oxidation sites excluding steroid dienone is 2. The van der Waals surface area contributed by atoms with E-state index in [0.29, 0.717) is 0 Å². The Morgan fingerprint density at radius 2 is 2.33 bits per heavy atom. The fraction of sp³-hybridized carbons (Fsp3) is 0.429. The molecule has 0 fully saturated rings. The van der Waals surface area contributed by atoms with Gasteiger partial charge in [-0.05, 0) is 18.2 Å². The van der Waals surface area contributed by atoms with Crippen LogP contribution in [0.2, 0.25) is 0 Å². The van der Waals surface area contributed by atoms with E-state index in [9.17, 15) is 0 Å². The summed E-state index contributed by atoms with van der Waals surface area (Å²) in [5, 5.41) is 0. The van der Waals surface area contributed by atoms with Gasteiger partial charge in [-0.1, -0.05) is 18.2 Å². The second-order valence-corrected chi connectivity index (χ2v) is 4.06. The minimum absolute atomic E-state index is 0.0478. The predicted octanol–water partition coefficient (Wildman–Crippen LogP) is 2.45. The Morgan fingerprint density at radius 3 is 2.67 bits per heavy atom. The molecule has 0 amide bonds. The van der Waals surface area contributed by atoms with E-state index in [2.05, 4.69) is 44.3 Å². The second-order valence-electron chi connectivity index (χ2n) is 2.52. The molecule has 0 spiro atoms. The topological polar surface area (TPSA) is 0 Å². The molecular weight excluding hydrogens is 148 g/mol. The maximum absolute atomic E-state index is 4.39. The molecule has 0 saturated heterocycles. The zero-order valence-electron chi connectivity index (χ0n) is 5.33. The van der Waals surface area contributed by atoms with Gasteiger partial charge in [-0.25, -0.2) is 0 Å². The van der Waals surface area contributed by atoms with Gasteiger partial charge in [-0.2, -0.15) is 12.6 Å². The van der Waals surface area contributed by atoms with Crippen molar-refractivity contribution in [3.63, 3.8) is 0 Å². The normalized spacial score (nSPS) is 34.3. The van der Waals surface area contributed by atoms with Crippen molar-refractivity contribution in [3.8, 4) is 0 Å². The highest BCUT2D eigenvalue weighted by molar-refractivity contribution is 7.84. The molecule has 1 aliphatic carbocycles. The van der Waals surface area contributed by atoms with Crippen LogP contribution in [0.5, 0.6) is 0 Å². The van der Waals surface area contributed by atoms with Crippen LogP contribution in [-0.4, -0.2) is 4.75 Å². The van der Waals surface area contributed by atoms with Crippen LogP contribution < -0.4 is 0 Å². The van der Waals surface area contributed by atoms with Crippen LogP contribution in [0.3, 0.4) is 0 Å². The maximum Gasteiger partial charge on any atom is 0.0318 e. The summed E-state index contributed by atoms with van der Waals surface area (Å²) >= 11 is 8.57. The van der Waals surface area contributed by atoms with E-state index in [1.165, 1.54) is 0 Å². The molecule has 0 saturated carbocycles. The Hall–Kier alpha value is 0.180. The average Bonchev–Trinajstić information content (AvgIpc) is 1.78. The molecule has 0 heterocycles. The molecule has 2 heteroatoms.